The standard InChI is InChI=1S/C14H16N2O.C2H6.2HI.V/c1-8-14-11(7-13(15-8)9(2)17)10-5-3-4-6-12(10)16-14;1-2;;;/h3-6,8,13,15-16H,7H2,1-2H3;1-2H3;2*1H;/q;;;;+2/p-2. The Kier molecular flexibility index (Phi) is 9.62. The van der Waals surface area contributed by atoms with Gasteiger partial charge in [0.15, 0.2) is 0 Å². The van der Waals surface area contributed by atoms with Crippen molar-refractivity contribution in [2.75, 3.05) is 0 Å². The van der Waals surface area contributed by atoms with Crippen LogP contribution in [0.5, 0.6) is 0 Å². The number of rotatable bonds is 1. The number of hydrogen-bond acceptors (Lipinski definition) is 2. The maximum atomic E-state index is 11.5. The molecule has 22 heavy (non-hydrogen) atoms. The SMILES string of the molecule is CC.CC(=O)C1Cc2c([nH]c3ccccc23)C(C)N1.[I][V][I]. The van der Waals surface area contributed by atoms with Crippen LogP contribution in [0.25, 0.3) is 10.9 Å². The molecule has 2 atom stereocenters. The van der Waals surface area contributed by atoms with E-state index >= 15 is 0 Å². The number of benzene rings is 1. The first kappa shape index (κ1) is 20.5. The van der Waals surface area contributed by atoms with Crippen LogP contribution in [0, 0.1) is 0 Å². The molecule has 1 aliphatic rings. The number of halogens is 2. The molecule has 2 unspecified atom stereocenters. The number of carbonyl (C=O) groups excluding carboxylic acids is 1. The van der Waals surface area contributed by atoms with Crippen molar-refractivity contribution < 1.29 is 14.3 Å². The third-order valence-electron chi connectivity index (χ3n) is 3.63. The predicted molar refractivity (Wildman–Crippen MR) is 107 cm³/mol. The average Bonchev–Trinajstić information content (AvgIpc) is 2.89. The number of H-pyrrole nitrogens is 1. The van der Waals surface area contributed by atoms with E-state index in [9.17, 15) is 4.79 Å². The van der Waals surface area contributed by atoms with Crippen molar-refractivity contribution in [1.82, 2.24) is 10.3 Å². The number of nitrogens with one attached hydrogen (secondary N) is 2. The van der Waals surface area contributed by atoms with Crippen LogP contribution in [0.15, 0.2) is 24.3 Å². The van der Waals surface area contributed by atoms with Crippen molar-refractivity contribution in [2.45, 2.75) is 46.2 Å². The van der Waals surface area contributed by atoms with Crippen LogP contribution < -0.4 is 5.32 Å². The summed E-state index contributed by atoms with van der Waals surface area (Å²) in [4.78, 5) is 15.0. The predicted octanol–water partition coefficient (Wildman–Crippen LogP) is 5.13. The number of fused-ring (bicyclic) bond motifs is 3. The molecule has 1 aromatic heterocycles. The van der Waals surface area contributed by atoms with E-state index in [1.54, 1.807) is 6.92 Å². The van der Waals surface area contributed by atoms with Gasteiger partial charge in [0, 0.05) is 22.6 Å². The van der Waals surface area contributed by atoms with E-state index < -0.39 is 0 Å². The van der Waals surface area contributed by atoms with Gasteiger partial charge < -0.3 is 4.98 Å². The number of carbonyl (C=O) groups is 1. The zero-order valence-electron chi connectivity index (χ0n) is 13.3. The quantitative estimate of drug-likeness (QED) is 0.474. The molecule has 0 aliphatic carbocycles. The molecule has 121 valence electrons. The van der Waals surface area contributed by atoms with Gasteiger partial charge in [0.05, 0.1) is 6.04 Å². The second-order valence-electron chi connectivity index (χ2n) is 4.88. The van der Waals surface area contributed by atoms with Gasteiger partial charge in [0.25, 0.3) is 0 Å². The van der Waals surface area contributed by atoms with Gasteiger partial charge in [0.1, 0.15) is 5.78 Å². The third-order valence-corrected chi connectivity index (χ3v) is 3.63. The Labute approximate surface area is 161 Å². The fraction of sp³-hybridized carbons (Fsp3) is 0.438. The van der Waals surface area contributed by atoms with E-state index in [1.165, 1.54) is 16.6 Å². The topological polar surface area (TPSA) is 44.9 Å². The molecule has 0 saturated heterocycles. The van der Waals surface area contributed by atoms with Gasteiger partial charge in [0.2, 0.25) is 0 Å². The second-order valence-corrected chi connectivity index (χ2v) is 16.7. The Balaban J connectivity index is 0.000000435. The van der Waals surface area contributed by atoms with Gasteiger partial charge in [-0.2, -0.15) is 0 Å². The third kappa shape index (κ3) is 4.96. The molecule has 6 heteroatoms. The van der Waals surface area contributed by atoms with E-state index in [1.807, 2.05) is 26.0 Å². The molecule has 2 heterocycles. The molecular formula is C16H22I2N2OV. The molecule has 1 aliphatic heterocycles. The van der Waals surface area contributed by atoms with Crippen LogP contribution in [-0.2, 0) is 20.7 Å². The maximum absolute atomic E-state index is 11.5. The molecule has 0 spiro atoms. The summed E-state index contributed by atoms with van der Waals surface area (Å²) < 4.78 is 0. The van der Waals surface area contributed by atoms with E-state index in [0.717, 1.165) is 11.9 Å². The first-order valence-corrected chi connectivity index (χ1v) is 16.4. The Morgan fingerprint density at radius 1 is 1.27 bits per heavy atom. The van der Waals surface area contributed by atoms with E-state index in [0.29, 0.717) is 9.47 Å². The van der Waals surface area contributed by atoms with Gasteiger partial charge in [-0.05, 0) is 31.9 Å². The first-order chi connectivity index (χ1) is 10.6. The van der Waals surface area contributed by atoms with Gasteiger partial charge in [-0.15, -0.1) is 0 Å². The molecule has 2 aromatic rings. The summed E-state index contributed by atoms with van der Waals surface area (Å²) in [6.07, 6.45) is 0.791. The molecule has 0 bridgehead atoms. The van der Waals surface area contributed by atoms with Crippen LogP contribution >= 0.6 is 40.0 Å². The summed E-state index contributed by atoms with van der Waals surface area (Å²) in [5.74, 6) is 0.216. The Hall–Kier alpha value is 0.434. The molecule has 0 fully saturated rings. The molecular weight excluding hydrogens is 541 g/mol. The fourth-order valence-corrected chi connectivity index (χ4v) is 2.72. The van der Waals surface area contributed by atoms with Crippen molar-refractivity contribution in [1.29, 1.82) is 0 Å². The minimum absolute atomic E-state index is 0.0447. The molecule has 0 radical (unpaired) electrons. The Morgan fingerprint density at radius 3 is 2.45 bits per heavy atom. The van der Waals surface area contributed by atoms with Crippen molar-refractivity contribution in [2.24, 2.45) is 0 Å². The summed E-state index contributed by atoms with van der Waals surface area (Å²) in [6.45, 7) is 7.76. The zero-order valence-corrected chi connectivity index (χ0v) is 19.0. The summed E-state index contributed by atoms with van der Waals surface area (Å²) >= 11 is 4.74. The number of aromatic amines is 1. The minimum atomic E-state index is -0.0447. The summed E-state index contributed by atoms with van der Waals surface area (Å²) in [7, 11) is 0.628. The molecule has 0 saturated carbocycles. The Morgan fingerprint density at radius 2 is 1.86 bits per heavy atom. The molecule has 2 N–H and O–H groups in total. The van der Waals surface area contributed by atoms with Gasteiger partial charge >= 0.3 is 49.4 Å². The van der Waals surface area contributed by atoms with E-state index in [4.69, 9.17) is 0 Å². The molecule has 1 aromatic carbocycles. The van der Waals surface area contributed by atoms with Crippen molar-refractivity contribution in [3.63, 3.8) is 0 Å². The summed E-state index contributed by atoms with van der Waals surface area (Å²) in [5.41, 5.74) is 3.69. The van der Waals surface area contributed by atoms with Crippen LogP contribution in [0.3, 0.4) is 0 Å². The molecule has 0 amide bonds. The number of hydrogen-bond donors (Lipinski definition) is 2. The number of ketones is 1. The first-order valence-electron chi connectivity index (χ1n) is 7.36. The summed E-state index contributed by atoms with van der Waals surface area (Å²) in [6, 6.07) is 8.46. The number of Topliss-reactive ketones (excluding diaryl/α,β-unsaturated/α-hetero) is 1. The average molecular weight is 563 g/mol. The van der Waals surface area contributed by atoms with E-state index in [-0.39, 0.29) is 17.9 Å². The summed E-state index contributed by atoms with van der Waals surface area (Å²) in [5, 5.41) is 4.60. The fourth-order valence-electron chi connectivity index (χ4n) is 2.72. The zero-order chi connectivity index (χ0) is 16.7. The van der Waals surface area contributed by atoms with Gasteiger partial charge in [-0.25, -0.2) is 0 Å². The van der Waals surface area contributed by atoms with Gasteiger partial charge in [-0.3, -0.25) is 10.1 Å². The van der Waals surface area contributed by atoms with Crippen LogP contribution in [0.1, 0.15) is 45.0 Å². The van der Waals surface area contributed by atoms with Crippen LogP contribution in [0.2, 0.25) is 0 Å². The second kappa shape index (κ2) is 10.3. The van der Waals surface area contributed by atoms with Crippen molar-refractivity contribution in [3.05, 3.63) is 35.5 Å². The van der Waals surface area contributed by atoms with Crippen molar-refractivity contribution in [3.8, 4) is 0 Å². The molecule has 3 nitrogen and oxygen atoms in total. The Bertz CT molecular complexity index is 615. The normalized spacial score (nSPS) is 19.2. The van der Waals surface area contributed by atoms with E-state index in [2.05, 4.69) is 69.3 Å². The number of para-hydroxylation sites is 1. The van der Waals surface area contributed by atoms with Crippen molar-refractivity contribution >= 4 is 56.6 Å². The van der Waals surface area contributed by atoms with Crippen LogP contribution in [-0.4, -0.2) is 16.8 Å². The monoisotopic (exact) mass is 563 g/mol. The molecule has 3 rings (SSSR count). The van der Waals surface area contributed by atoms with Gasteiger partial charge in [-0.1, -0.05) is 32.0 Å². The number of aromatic nitrogens is 1. The van der Waals surface area contributed by atoms with Crippen LogP contribution in [0.4, 0.5) is 0 Å².